The molecule has 0 amide bonds. The molecule has 0 aliphatic rings. The molecular formula is C14H15ClN2O. The third-order valence-corrected chi connectivity index (χ3v) is 3.04. The van der Waals surface area contributed by atoms with Gasteiger partial charge in [0.2, 0.25) is 0 Å². The van der Waals surface area contributed by atoms with Crippen LogP contribution in [0.25, 0.3) is 0 Å². The number of carbonyl (C=O) groups is 1. The highest BCUT2D eigenvalue weighted by Crippen LogP contribution is 2.16. The van der Waals surface area contributed by atoms with Gasteiger partial charge in [0.15, 0.2) is 5.78 Å². The van der Waals surface area contributed by atoms with Crippen LogP contribution in [0, 0.1) is 6.92 Å². The van der Waals surface area contributed by atoms with E-state index in [1.165, 1.54) is 0 Å². The first-order valence-corrected chi connectivity index (χ1v) is 6.28. The maximum Gasteiger partial charge on any atom is 0.170 e. The summed E-state index contributed by atoms with van der Waals surface area (Å²) in [5, 5.41) is 0.595. The first-order valence-electron chi connectivity index (χ1n) is 5.90. The van der Waals surface area contributed by atoms with E-state index >= 15 is 0 Å². The lowest BCUT2D eigenvalue weighted by Gasteiger charge is -2.05. The second-order valence-electron chi connectivity index (χ2n) is 4.25. The molecule has 18 heavy (non-hydrogen) atoms. The van der Waals surface area contributed by atoms with Crippen LogP contribution in [0.3, 0.4) is 0 Å². The van der Waals surface area contributed by atoms with Gasteiger partial charge in [0.25, 0.3) is 0 Å². The predicted octanol–water partition coefficient (Wildman–Crippen LogP) is 3.29. The number of hydrogen-bond donors (Lipinski definition) is 0. The smallest absolute Gasteiger partial charge is 0.170 e. The summed E-state index contributed by atoms with van der Waals surface area (Å²) in [5.74, 6) is 0.835. The number of imidazole rings is 1. The summed E-state index contributed by atoms with van der Waals surface area (Å²) in [6, 6.07) is 5.40. The van der Waals surface area contributed by atoms with Crippen molar-refractivity contribution in [2.45, 2.75) is 26.8 Å². The average molecular weight is 263 g/mol. The maximum absolute atomic E-state index is 12.2. The van der Waals surface area contributed by atoms with Gasteiger partial charge in [-0.3, -0.25) is 4.79 Å². The van der Waals surface area contributed by atoms with Gasteiger partial charge in [0.1, 0.15) is 5.82 Å². The zero-order valence-electron chi connectivity index (χ0n) is 10.5. The molecule has 0 saturated carbocycles. The lowest BCUT2D eigenvalue weighted by Crippen LogP contribution is -2.09. The molecule has 94 valence electrons. The second kappa shape index (κ2) is 5.36. The van der Waals surface area contributed by atoms with Crippen molar-refractivity contribution in [3.8, 4) is 0 Å². The number of halogens is 1. The Balaban J connectivity index is 2.22. The fraction of sp³-hybridized carbons (Fsp3) is 0.286. The van der Waals surface area contributed by atoms with Crippen LogP contribution in [0.4, 0.5) is 0 Å². The molecule has 1 heterocycles. The molecule has 0 fully saturated rings. The van der Waals surface area contributed by atoms with Crippen LogP contribution in [-0.4, -0.2) is 15.3 Å². The minimum absolute atomic E-state index is 0.0431. The summed E-state index contributed by atoms with van der Waals surface area (Å²) in [6.45, 7) is 4.77. The molecule has 0 saturated heterocycles. The van der Waals surface area contributed by atoms with Crippen molar-refractivity contribution >= 4 is 17.4 Å². The van der Waals surface area contributed by atoms with Gasteiger partial charge < -0.3 is 4.57 Å². The average Bonchev–Trinajstić information content (AvgIpc) is 2.75. The van der Waals surface area contributed by atoms with Gasteiger partial charge in [-0.1, -0.05) is 11.6 Å². The summed E-state index contributed by atoms with van der Waals surface area (Å²) >= 11 is 5.96. The normalized spacial score (nSPS) is 10.6. The number of carbonyl (C=O) groups excluding carboxylic acids is 1. The number of rotatable bonds is 4. The fourth-order valence-electron chi connectivity index (χ4n) is 1.94. The predicted molar refractivity (Wildman–Crippen MR) is 72.1 cm³/mol. The van der Waals surface area contributed by atoms with E-state index in [9.17, 15) is 4.79 Å². The highest BCUT2D eigenvalue weighted by molar-refractivity contribution is 6.31. The summed E-state index contributed by atoms with van der Waals surface area (Å²) in [4.78, 5) is 16.4. The molecule has 0 aliphatic heterocycles. The molecule has 0 spiro atoms. The largest absolute Gasteiger partial charge is 0.335 e. The Morgan fingerprint density at radius 2 is 2.17 bits per heavy atom. The van der Waals surface area contributed by atoms with Crippen LogP contribution in [0.15, 0.2) is 30.6 Å². The van der Waals surface area contributed by atoms with E-state index in [2.05, 4.69) is 4.98 Å². The summed E-state index contributed by atoms with van der Waals surface area (Å²) < 4.78 is 1.97. The highest BCUT2D eigenvalue weighted by Gasteiger charge is 2.11. The monoisotopic (exact) mass is 262 g/mol. The van der Waals surface area contributed by atoms with Crippen LogP contribution in [0.5, 0.6) is 0 Å². The number of ketones is 1. The molecule has 2 aromatic rings. The van der Waals surface area contributed by atoms with Crippen LogP contribution >= 0.6 is 11.6 Å². The van der Waals surface area contributed by atoms with Crippen molar-refractivity contribution in [1.82, 2.24) is 9.55 Å². The Morgan fingerprint density at radius 1 is 1.39 bits per heavy atom. The zero-order chi connectivity index (χ0) is 13.1. The molecule has 2 rings (SSSR count). The molecule has 0 radical (unpaired) electrons. The van der Waals surface area contributed by atoms with Gasteiger partial charge >= 0.3 is 0 Å². The van der Waals surface area contributed by atoms with Gasteiger partial charge in [-0.15, -0.1) is 0 Å². The van der Waals surface area contributed by atoms with Crippen LogP contribution < -0.4 is 0 Å². The Bertz CT molecular complexity index is 555. The van der Waals surface area contributed by atoms with E-state index in [-0.39, 0.29) is 5.78 Å². The van der Waals surface area contributed by atoms with Crippen LogP contribution in [-0.2, 0) is 13.0 Å². The first-order chi connectivity index (χ1) is 8.60. The van der Waals surface area contributed by atoms with Gasteiger partial charge in [-0.05, 0) is 37.6 Å². The zero-order valence-corrected chi connectivity index (χ0v) is 11.2. The van der Waals surface area contributed by atoms with Crippen molar-refractivity contribution in [2.75, 3.05) is 0 Å². The highest BCUT2D eigenvalue weighted by atomic mass is 35.5. The Hall–Kier alpha value is -1.61. The fourth-order valence-corrected chi connectivity index (χ4v) is 2.23. The lowest BCUT2D eigenvalue weighted by atomic mass is 10.1. The molecule has 0 atom stereocenters. The summed E-state index contributed by atoms with van der Waals surface area (Å²) in [5.41, 5.74) is 1.63. The third-order valence-electron chi connectivity index (χ3n) is 2.83. The summed E-state index contributed by atoms with van der Waals surface area (Å²) in [7, 11) is 0. The minimum atomic E-state index is 0.0431. The topological polar surface area (TPSA) is 34.9 Å². The molecule has 0 bridgehead atoms. The van der Waals surface area contributed by atoms with E-state index in [1.54, 1.807) is 12.3 Å². The number of aromatic nitrogens is 2. The van der Waals surface area contributed by atoms with Crippen molar-refractivity contribution in [3.05, 3.63) is 52.6 Å². The molecule has 0 unspecified atom stereocenters. The SMILES string of the molecule is CCn1ccnc1CC(=O)c1cc(C)cc(Cl)c1. The standard InChI is InChI=1S/C14H15ClN2O/c1-3-17-5-4-16-14(17)9-13(18)11-6-10(2)7-12(15)8-11/h4-8H,3,9H2,1-2H3. The third kappa shape index (κ3) is 2.79. The number of hydrogen-bond acceptors (Lipinski definition) is 2. The Morgan fingerprint density at radius 3 is 2.83 bits per heavy atom. The number of benzene rings is 1. The first kappa shape index (κ1) is 12.8. The van der Waals surface area contributed by atoms with Crippen molar-refractivity contribution in [1.29, 1.82) is 0 Å². The number of aryl methyl sites for hydroxylation is 2. The molecule has 0 N–H and O–H groups in total. The second-order valence-corrected chi connectivity index (χ2v) is 4.68. The summed E-state index contributed by atoms with van der Waals surface area (Å²) in [6.07, 6.45) is 3.90. The van der Waals surface area contributed by atoms with E-state index in [4.69, 9.17) is 11.6 Å². The van der Waals surface area contributed by atoms with Crippen molar-refractivity contribution < 1.29 is 4.79 Å². The minimum Gasteiger partial charge on any atom is -0.335 e. The Kier molecular flexibility index (Phi) is 3.82. The van der Waals surface area contributed by atoms with E-state index in [0.29, 0.717) is 17.0 Å². The maximum atomic E-state index is 12.2. The van der Waals surface area contributed by atoms with Crippen molar-refractivity contribution in [2.24, 2.45) is 0 Å². The molecular weight excluding hydrogens is 248 g/mol. The molecule has 0 aliphatic carbocycles. The molecule has 1 aromatic heterocycles. The van der Waals surface area contributed by atoms with Crippen LogP contribution in [0.2, 0.25) is 5.02 Å². The molecule has 3 nitrogen and oxygen atoms in total. The Labute approximate surface area is 111 Å². The molecule has 1 aromatic carbocycles. The van der Waals surface area contributed by atoms with E-state index in [0.717, 1.165) is 17.9 Å². The van der Waals surface area contributed by atoms with Gasteiger partial charge in [0.05, 0.1) is 6.42 Å². The van der Waals surface area contributed by atoms with Gasteiger partial charge in [0, 0.05) is 29.5 Å². The van der Waals surface area contributed by atoms with Gasteiger partial charge in [-0.2, -0.15) is 0 Å². The lowest BCUT2D eigenvalue weighted by molar-refractivity contribution is 0.0989. The quantitative estimate of drug-likeness (QED) is 0.793. The van der Waals surface area contributed by atoms with Crippen molar-refractivity contribution in [3.63, 3.8) is 0 Å². The van der Waals surface area contributed by atoms with E-state index in [1.807, 2.05) is 36.7 Å². The number of Topliss-reactive ketones (excluding diaryl/α,β-unsaturated/α-hetero) is 1. The van der Waals surface area contributed by atoms with Crippen LogP contribution in [0.1, 0.15) is 28.7 Å². The van der Waals surface area contributed by atoms with Gasteiger partial charge in [-0.25, -0.2) is 4.98 Å². The molecule has 4 heteroatoms. The number of nitrogens with zero attached hydrogens (tertiary/aromatic N) is 2. The van der Waals surface area contributed by atoms with E-state index < -0.39 is 0 Å².